The zero-order valence-corrected chi connectivity index (χ0v) is 16.1. The number of nitrogens with one attached hydrogen (secondary N) is 1. The van der Waals surface area contributed by atoms with Crippen molar-refractivity contribution in [2.75, 3.05) is 13.1 Å². The minimum Gasteiger partial charge on any atom is -0.371 e. The minimum atomic E-state index is 0.205. The van der Waals surface area contributed by atoms with E-state index in [2.05, 4.69) is 59.9 Å². The van der Waals surface area contributed by atoms with Crippen LogP contribution in [0.5, 0.6) is 0 Å². The number of thioether (sulfide) groups is 1. The number of benzene rings is 3. The summed E-state index contributed by atoms with van der Waals surface area (Å²) in [5.41, 5.74) is 1.23. The third-order valence-corrected chi connectivity index (χ3v) is 6.38. The number of ether oxygens (including phenoxy) is 1. The Morgan fingerprint density at radius 3 is 2.65 bits per heavy atom. The van der Waals surface area contributed by atoms with Gasteiger partial charge in [0, 0.05) is 21.7 Å². The molecule has 1 saturated heterocycles. The Hall–Kier alpha value is -1.52. The Bertz CT molecular complexity index is 867. The van der Waals surface area contributed by atoms with Crippen molar-refractivity contribution < 1.29 is 4.74 Å². The van der Waals surface area contributed by atoms with Gasteiger partial charge in [-0.3, -0.25) is 0 Å². The van der Waals surface area contributed by atoms with E-state index in [0.29, 0.717) is 11.9 Å². The van der Waals surface area contributed by atoms with Crippen LogP contribution in [-0.4, -0.2) is 24.4 Å². The van der Waals surface area contributed by atoms with Gasteiger partial charge >= 0.3 is 0 Å². The Balaban J connectivity index is 1.41. The second-order valence-corrected chi connectivity index (χ2v) is 8.38. The fraction of sp³-hybridized carbons (Fsp3) is 0.273. The average molecular weight is 384 g/mol. The summed E-state index contributed by atoms with van der Waals surface area (Å²) in [4.78, 5) is 1.25. The first kappa shape index (κ1) is 17.9. The van der Waals surface area contributed by atoms with E-state index in [4.69, 9.17) is 16.3 Å². The summed E-state index contributed by atoms with van der Waals surface area (Å²) in [5, 5.41) is 7.24. The minimum absolute atomic E-state index is 0.205. The molecule has 3 aromatic carbocycles. The van der Waals surface area contributed by atoms with Crippen molar-refractivity contribution in [2.24, 2.45) is 0 Å². The maximum absolute atomic E-state index is 6.32. The van der Waals surface area contributed by atoms with Crippen molar-refractivity contribution in [3.05, 3.63) is 77.3 Å². The lowest BCUT2D eigenvalue weighted by atomic mass is 10.1. The van der Waals surface area contributed by atoms with Gasteiger partial charge in [0.1, 0.15) is 0 Å². The SMILES string of the molecule is Clc1ccc(SC2CCNCC2OCc2ccc3ccccc3c2)cc1. The van der Waals surface area contributed by atoms with Gasteiger partial charge in [-0.05, 0) is 59.6 Å². The number of rotatable bonds is 5. The standard InChI is InChI=1S/C22H22ClNOS/c23-19-7-9-20(10-8-19)26-22-11-12-24-14-21(22)25-15-16-5-6-17-3-1-2-4-18(17)13-16/h1-10,13,21-22,24H,11-12,14-15H2. The lowest BCUT2D eigenvalue weighted by Gasteiger charge is -2.31. The predicted molar refractivity (Wildman–Crippen MR) is 111 cm³/mol. The molecule has 0 amide bonds. The van der Waals surface area contributed by atoms with E-state index in [0.717, 1.165) is 24.5 Å². The van der Waals surface area contributed by atoms with Gasteiger partial charge in [0.25, 0.3) is 0 Å². The second-order valence-electron chi connectivity index (χ2n) is 6.63. The van der Waals surface area contributed by atoms with Gasteiger partial charge < -0.3 is 10.1 Å². The van der Waals surface area contributed by atoms with Gasteiger partial charge in [-0.1, -0.05) is 48.0 Å². The molecular formula is C22H22ClNOS. The van der Waals surface area contributed by atoms with Crippen LogP contribution in [0.1, 0.15) is 12.0 Å². The van der Waals surface area contributed by atoms with Crippen molar-refractivity contribution in [2.45, 2.75) is 29.3 Å². The van der Waals surface area contributed by atoms with Gasteiger partial charge in [-0.25, -0.2) is 0 Å². The first-order chi connectivity index (χ1) is 12.8. The molecule has 3 aromatic rings. The first-order valence-corrected chi connectivity index (χ1v) is 10.3. The van der Waals surface area contributed by atoms with Crippen LogP contribution in [0.2, 0.25) is 5.02 Å². The monoisotopic (exact) mass is 383 g/mol. The van der Waals surface area contributed by atoms with E-state index in [9.17, 15) is 0 Å². The molecule has 26 heavy (non-hydrogen) atoms. The molecule has 0 aromatic heterocycles. The van der Waals surface area contributed by atoms with Gasteiger partial charge in [0.05, 0.1) is 12.7 Å². The molecule has 4 heteroatoms. The topological polar surface area (TPSA) is 21.3 Å². The second kappa shape index (κ2) is 8.45. The van der Waals surface area contributed by atoms with Crippen LogP contribution < -0.4 is 5.32 Å². The van der Waals surface area contributed by atoms with Crippen LogP contribution >= 0.6 is 23.4 Å². The fourth-order valence-corrected chi connectivity index (χ4v) is 4.66. The lowest BCUT2D eigenvalue weighted by molar-refractivity contribution is 0.0297. The molecule has 0 spiro atoms. The zero-order chi connectivity index (χ0) is 17.8. The van der Waals surface area contributed by atoms with Crippen molar-refractivity contribution in [1.82, 2.24) is 5.32 Å². The molecule has 0 aliphatic carbocycles. The Kier molecular flexibility index (Phi) is 5.81. The smallest absolute Gasteiger partial charge is 0.0826 e. The Morgan fingerprint density at radius 2 is 1.81 bits per heavy atom. The summed E-state index contributed by atoms with van der Waals surface area (Å²) in [5.74, 6) is 0. The van der Waals surface area contributed by atoms with Crippen molar-refractivity contribution in [1.29, 1.82) is 0 Å². The molecule has 2 unspecified atom stereocenters. The summed E-state index contributed by atoms with van der Waals surface area (Å²) >= 11 is 7.89. The number of hydrogen-bond acceptors (Lipinski definition) is 3. The molecule has 2 atom stereocenters. The number of hydrogen-bond donors (Lipinski definition) is 1. The molecule has 1 aliphatic rings. The number of piperidine rings is 1. The summed E-state index contributed by atoms with van der Waals surface area (Å²) in [6.07, 6.45) is 1.31. The highest BCUT2D eigenvalue weighted by Gasteiger charge is 2.26. The first-order valence-electron chi connectivity index (χ1n) is 9.00. The van der Waals surface area contributed by atoms with E-state index in [1.165, 1.54) is 21.2 Å². The zero-order valence-electron chi connectivity index (χ0n) is 14.5. The Labute approximate surface area is 163 Å². The van der Waals surface area contributed by atoms with E-state index in [1.807, 2.05) is 23.9 Å². The van der Waals surface area contributed by atoms with Crippen LogP contribution in [0.3, 0.4) is 0 Å². The van der Waals surface area contributed by atoms with Crippen molar-refractivity contribution >= 4 is 34.1 Å². The quantitative estimate of drug-likeness (QED) is 0.625. The van der Waals surface area contributed by atoms with Crippen molar-refractivity contribution in [3.63, 3.8) is 0 Å². The van der Waals surface area contributed by atoms with E-state index in [-0.39, 0.29) is 6.10 Å². The molecule has 1 N–H and O–H groups in total. The lowest BCUT2D eigenvalue weighted by Crippen LogP contribution is -2.43. The van der Waals surface area contributed by atoms with E-state index in [1.54, 1.807) is 0 Å². The van der Waals surface area contributed by atoms with Gasteiger partial charge in [-0.2, -0.15) is 0 Å². The van der Waals surface area contributed by atoms with Crippen LogP contribution in [0.4, 0.5) is 0 Å². The van der Waals surface area contributed by atoms with Crippen LogP contribution in [0.15, 0.2) is 71.6 Å². The summed E-state index contributed by atoms with van der Waals surface area (Å²) in [6, 6.07) is 23.1. The van der Waals surface area contributed by atoms with E-state index < -0.39 is 0 Å². The van der Waals surface area contributed by atoms with Crippen molar-refractivity contribution in [3.8, 4) is 0 Å². The molecule has 1 fully saturated rings. The third-order valence-electron chi connectivity index (χ3n) is 4.74. The normalized spacial score (nSPS) is 20.3. The molecule has 0 bridgehead atoms. The molecule has 1 heterocycles. The van der Waals surface area contributed by atoms with Gasteiger partial charge in [0.2, 0.25) is 0 Å². The van der Waals surface area contributed by atoms with Crippen LogP contribution in [0.25, 0.3) is 10.8 Å². The van der Waals surface area contributed by atoms with Crippen LogP contribution in [0, 0.1) is 0 Å². The molecule has 2 nitrogen and oxygen atoms in total. The Morgan fingerprint density at radius 1 is 1.00 bits per heavy atom. The molecule has 0 saturated carbocycles. The highest BCUT2D eigenvalue weighted by Crippen LogP contribution is 2.31. The molecular weight excluding hydrogens is 362 g/mol. The predicted octanol–water partition coefficient (Wildman–Crippen LogP) is 5.53. The summed E-state index contributed by atoms with van der Waals surface area (Å²) in [6.45, 7) is 2.59. The van der Waals surface area contributed by atoms with Crippen LogP contribution in [-0.2, 0) is 11.3 Å². The summed E-state index contributed by atoms with van der Waals surface area (Å²) in [7, 11) is 0. The number of halogens is 1. The molecule has 0 radical (unpaired) electrons. The highest BCUT2D eigenvalue weighted by atomic mass is 35.5. The molecule has 134 valence electrons. The third kappa shape index (κ3) is 4.41. The largest absolute Gasteiger partial charge is 0.371 e. The maximum Gasteiger partial charge on any atom is 0.0826 e. The fourth-order valence-electron chi connectivity index (χ4n) is 3.33. The highest BCUT2D eigenvalue weighted by molar-refractivity contribution is 8.00. The molecule has 4 rings (SSSR count). The average Bonchev–Trinajstić information content (AvgIpc) is 2.69. The van der Waals surface area contributed by atoms with E-state index >= 15 is 0 Å². The molecule has 1 aliphatic heterocycles. The van der Waals surface area contributed by atoms with Gasteiger partial charge in [-0.15, -0.1) is 11.8 Å². The number of fused-ring (bicyclic) bond motifs is 1. The maximum atomic E-state index is 6.32. The van der Waals surface area contributed by atoms with Gasteiger partial charge in [0.15, 0.2) is 0 Å². The summed E-state index contributed by atoms with van der Waals surface area (Å²) < 4.78 is 6.32.